The number of H-pyrrole nitrogens is 1. The predicted molar refractivity (Wildman–Crippen MR) is 119 cm³/mol. The van der Waals surface area contributed by atoms with Gasteiger partial charge < -0.3 is 14.2 Å². The summed E-state index contributed by atoms with van der Waals surface area (Å²) >= 11 is 0. The van der Waals surface area contributed by atoms with E-state index in [1.54, 1.807) is 32.2 Å². The number of aromatic nitrogens is 3. The minimum atomic E-state index is -0.560. The average molecular weight is 442 g/mol. The summed E-state index contributed by atoms with van der Waals surface area (Å²) in [6, 6.07) is 5.12. The summed E-state index contributed by atoms with van der Waals surface area (Å²) in [4.78, 5) is 42.0. The van der Waals surface area contributed by atoms with Crippen LogP contribution in [0.5, 0.6) is 11.5 Å². The molecule has 2 heterocycles. The lowest BCUT2D eigenvalue weighted by Crippen LogP contribution is -2.40. The van der Waals surface area contributed by atoms with Crippen molar-refractivity contribution >= 4 is 17.0 Å². The Bertz CT molecular complexity index is 1320. The lowest BCUT2D eigenvalue weighted by molar-refractivity contribution is -0.359. The summed E-state index contributed by atoms with van der Waals surface area (Å²) in [7, 11) is 5.99. The highest BCUT2D eigenvalue weighted by molar-refractivity contribution is 6.06. The van der Waals surface area contributed by atoms with E-state index >= 15 is 0 Å². The van der Waals surface area contributed by atoms with Gasteiger partial charge in [0, 0.05) is 12.6 Å². The molecule has 0 saturated carbocycles. The summed E-state index contributed by atoms with van der Waals surface area (Å²) < 4.78 is 18.6. The molecule has 0 spiro atoms. The maximum absolute atomic E-state index is 13.2. The molecule has 0 aliphatic heterocycles. The molecule has 0 atom stereocenters. The van der Waals surface area contributed by atoms with E-state index in [1.165, 1.54) is 25.8 Å². The number of carbonyl (C=O) groups excluding carboxylic acids is 1. The fraction of sp³-hybridized carbons (Fsp3) is 0.391. The van der Waals surface area contributed by atoms with Crippen LogP contribution in [0.1, 0.15) is 29.9 Å². The first-order chi connectivity index (χ1) is 15.1. The van der Waals surface area contributed by atoms with E-state index in [0.29, 0.717) is 34.0 Å². The molecule has 0 saturated heterocycles. The van der Waals surface area contributed by atoms with Gasteiger partial charge in [-0.1, -0.05) is 19.9 Å². The molecule has 0 bridgehead atoms. The van der Waals surface area contributed by atoms with Crippen LogP contribution in [0.2, 0.25) is 0 Å². The van der Waals surface area contributed by atoms with Gasteiger partial charge in [-0.2, -0.15) is 4.57 Å². The van der Waals surface area contributed by atoms with Gasteiger partial charge in [-0.3, -0.25) is 4.79 Å². The maximum Gasteiger partial charge on any atom is 0.417 e. The Labute approximate surface area is 185 Å². The van der Waals surface area contributed by atoms with Crippen molar-refractivity contribution < 1.29 is 24.0 Å². The van der Waals surface area contributed by atoms with Crippen LogP contribution in [0.25, 0.3) is 22.2 Å². The fourth-order valence-corrected chi connectivity index (χ4v) is 3.62. The lowest BCUT2D eigenvalue weighted by Gasteiger charge is -2.16. The number of nitrogens with zero attached hydrogens (tertiary/aromatic N) is 2. The number of benzene rings is 1. The molecule has 0 radical (unpaired) electrons. The van der Waals surface area contributed by atoms with Gasteiger partial charge in [0.2, 0.25) is 0 Å². The summed E-state index contributed by atoms with van der Waals surface area (Å²) in [5.41, 5.74) is 0.911. The topological polar surface area (TPSA) is 103 Å². The Morgan fingerprint density at radius 1 is 1.06 bits per heavy atom. The second kappa shape index (κ2) is 8.86. The van der Waals surface area contributed by atoms with E-state index in [0.717, 1.165) is 4.57 Å². The van der Waals surface area contributed by atoms with Crippen LogP contribution in [-0.2, 0) is 18.8 Å². The van der Waals surface area contributed by atoms with Crippen molar-refractivity contribution in [3.8, 4) is 22.6 Å². The fourth-order valence-electron chi connectivity index (χ4n) is 3.62. The highest BCUT2D eigenvalue weighted by Crippen LogP contribution is 2.36. The van der Waals surface area contributed by atoms with Crippen molar-refractivity contribution in [1.29, 1.82) is 0 Å². The van der Waals surface area contributed by atoms with Gasteiger partial charge in [0.15, 0.2) is 11.5 Å². The minimum Gasteiger partial charge on any atom is -0.493 e. The van der Waals surface area contributed by atoms with E-state index in [9.17, 15) is 14.4 Å². The molecule has 1 N–H and O–H groups in total. The number of hydrogen-bond donors (Lipinski definition) is 0. The number of esters is 1. The molecule has 3 rings (SSSR count). The van der Waals surface area contributed by atoms with E-state index in [-0.39, 0.29) is 23.5 Å². The van der Waals surface area contributed by atoms with Gasteiger partial charge in [-0.15, -0.1) is 0 Å². The Balaban J connectivity index is 2.49. The summed E-state index contributed by atoms with van der Waals surface area (Å²) in [5, 5.41) is 0.198. The zero-order valence-electron chi connectivity index (χ0n) is 19.4. The zero-order valence-corrected chi connectivity index (χ0v) is 19.4. The molecule has 0 aliphatic carbocycles. The van der Waals surface area contributed by atoms with Crippen LogP contribution in [-0.4, -0.2) is 35.9 Å². The maximum atomic E-state index is 13.2. The molecule has 0 unspecified atom stereocenters. The molecule has 0 fully saturated rings. The number of nitrogens with one attached hydrogen (secondary N) is 1. The number of ether oxygens (including phenoxy) is 3. The quantitative estimate of drug-likeness (QED) is 0.540. The molecule has 32 heavy (non-hydrogen) atoms. The average Bonchev–Trinajstić information content (AvgIpc) is 2.78. The Kier molecular flexibility index (Phi) is 6.38. The number of carbonyl (C=O) groups is 1. The summed E-state index contributed by atoms with van der Waals surface area (Å²) in [6.45, 7) is 5.81. The van der Waals surface area contributed by atoms with Gasteiger partial charge in [-0.25, -0.2) is 19.1 Å². The molecule has 3 aromatic rings. The first-order valence-corrected chi connectivity index (χ1v) is 10.2. The standard InChI is InChI=1S/C23H27N3O6/c1-12(2)11-32-22(28)17-13(3)24-20-19(21(27)26(5)23(29)25(20)4)18(17)14-8-9-15(30-6)16(10-14)31-7/h8-10,12H,11H2,1-7H3/p+1. The largest absolute Gasteiger partial charge is 0.493 e. The minimum absolute atomic E-state index is 0.141. The van der Waals surface area contributed by atoms with Crippen molar-refractivity contribution in [1.82, 2.24) is 9.13 Å². The lowest BCUT2D eigenvalue weighted by atomic mass is 9.95. The number of methoxy groups -OCH3 is 2. The summed E-state index contributed by atoms with van der Waals surface area (Å²) in [6.07, 6.45) is 0. The second-order valence-electron chi connectivity index (χ2n) is 7.99. The number of hydrogen-bond acceptors (Lipinski definition) is 6. The number of rotatable bonds is 6. The van der Waals surface area contributed by atoms with Crippen LogP contribution < -0.4 is 25.7 Å². The van der Waals surface area contributed by atoms with Gasteiger partial charge in [0.25, 0.3) is 11.2 Å². The number of fused-ring (bicyclic) bond motifs is 1. The molecule has 0 aliphatic rings. The molecule has 170 valence electrons. The number of aryl methyl sites for hydroxylation is 2. The van der Waals surface area contributed by atoms with Crippen molar-refractivity contribution in [2.45, 2.75) is 20.8 Å². The first kappa shape index (κ1) is 23.1. The van der Waals surface area contributed by atoms with E-state index in [4.69, 9.17) is 14.2 Å². The van der Waals surface area contributed by atoms with Gasteiger partial charge in [0.05, 0.1) is 27.9 Å². The monoisotopic (exact) mass is 442 g/mol. The third kappa shape index (κ3) is 3.86. The second-order valence-corrected chi connectivity index (χ2v) is 7.99. The Hall–Kier alpha value is -3.62. The van der Waals surface area contributed by atoms with E-state index < -0.39 is 17.2 Å². The molecule has 2 aromatic heterocycles. The van der Waals surface area contributed by atoms with Crippen molar-refractivity contribution in [2.75, 3.05) is 20.8 Å². The van der Waals surface area contributed by atoms with Gasteiger partial charge >= 0.3 is 11.7 Å². The highest BCUT2D eigenvalue weighted by atomic mass is 16.5. The normalized spacial score (nSPS) is 11.1. The number of pyridine rings is 1. The predicted octanol–water partition coefficient (Wildman–Crippen LogP) is 1.86. The number of aromatic amines is 1. The van der Waals surface area contributed by atoms with Gasteiger partial charge in [-0.05, 0) is 30.5 Å². The smallest absolute Gasteiger partial charge is 0.417 e. The highest BCUT2D eigenvalue weighted by Gasteiger charge is 2.29. The molecule has 0 amide bonds. The third-order valence-corrected chi connectivity index (χ3v) is 5.27. The first-order valence-electron chi connectivity index (χ1n) is 10.2. The Morgan fingerprint density at radius 3 is 2.31 bits per heavy atom. The van der Waals surface area contributed by atoms with Gasteiger partial charge in [0.1, 0.15) is 16.6 Å². The van der Waals surface area contributed by atoms with E-state index in [1.807, 2.05) is 13.8 Å². The molecule has 9 nitrogen and oxygen atoms in total. The molecular formula is C23H28N3O6+. The zero-order chi connectivity index (χ0) is 23.7. The van der Waals surface area contributed by atoms with Crippen LogP contribution in [0.3, 0.4) is 0 Å². The SMILES string of the molecule is COc1ccc(-c2c(C(=O)OCC(C)C)c(C)[nH+]c3c2c(=O)n(C)c(=O)n3C)cc1OC. The third-order valence-electron chi connectivity index (χ3n) is 5.27. The van der Waals surface area contributed by atoms with Crippen LogP contribution in [0, 0.1) is 12.8 Å². The Morgan fingerprint density at radius 2 is 1.72 bits per heavy atom. The van der Waals surface area contributed by atoms with Crippen molar-refractivity contribution in [3.05, 3.63) is 50.3 Å². The summed E-state index contributed by atoms with van der Waals surface area (Å²) in [5.74, 6) is 0.521. The van der Waals surface area contributed by atoms with Crippen molar-refractivity contribution in [2.24, 2.45) is 20.0 Å². The molecule has 1 aromatic carbocycles. The molecule has 9 heteroatoms. The van der Waals surface area contributed by atoms with Crippen LogP contribution in [0.15, 0.2) is 27.8 Å². The van der Waals surface area contributed by atoms with E-state index in [2.05, 4.69) is 4.98 Å². The van der Waals surface area contributed by atoms with Crippen LogP contribution in [0.4, 0.5) is 0 Å². The molecular weight excluding hydrogens is 414 g/mol. The van der Waals surface area contributed by atoms with Crippen molar-refractivity contribution in [3.63, 3.8) is 0 Å². The van der Waals surface area contributed by atoms with Crippen LogP contribution >= 0.6 is 0 Å².